The zero-order valence-electron chi connectivity index (χ0n) is 18.8. The van der Waals surface area contributed by atoms with Crippen molar-refractivity contribution in [3.8, 4) is 0 Å². The number of sulfone groups is 1. The second-order valence-corrected chi connectivity index (χ2v) is 11.5. The molecule has 11 nitrogen and oxygen atoms in total. The van der Waals surface area contributed by atoms with Crippen molar-refractivity contribution in [3.05, 3.63) is 111 Å². The Bertz CT molecular complexity index is 1710. The van der Waals surface area contributed by atoms with Crippen LogP contribution in [0.5, 0.6) is 0 Å². The third-order valence-corrected chi connectivity index (χ3v) is 9.16. The summed E-state index contributed by atoms with van der Waals surface area (Å²) >= 11 is 6.64. The van der Waals surface area contributed by atoms with E-state index in [1.165, 1.54) is 30.5 Å². The number of hydrogen-bond acceptors (Lipinski definition) is 10. The summed E-state index contributed by atoms with van der Waals surface area (Å²) in [4.78, 5) is 41.6. The maximum atomic E-state index is 13.2. The number of hydrogen-bond donors (Lipinski definition) is 1. The van der Waals surface area contributed by atoms with E-state index in [9.17, 15) is 33.2 Å². The smallest absolute Gasteiger partial charge is 0.296 e. The molecule has 192 valence electrons. The molecule has 1 aliphatic heterocycles. The zero-order chi connectivity index (χ0) is 27.2. The van der Waals surface area contributed by atoms with Crippen LogP contribution in [0.4, 0.5) is 10.8 Å². The first-order valence-corrected chi connectivity index (χ1v) is 13.3. The molecule has 3 heterocycles. The highest BCUT2D eigenvalue weighted by Crippen LogP contribution is 2.44. The molecule has 0 unspecified atom stereocenters. The van der Waals surface area contributed by atoms with E-state index in [0.717, 1.165) is 35.4 Å². The first kappa shape index (κ1) is 25.3. The van der Waals surface area contributed by atoms with Crippen molar-refractivity contribution >= 4 is 55.3 Å². The molecule has 1 N–H and O–H groups in total. The molecule has 1 atom stereocenters. The van der Waals surface area contributed by atoms with Gasteiger partial charge >= 0.3 is 0 Å². The van der Waals surface area contributed by atoms with Gasteiger partial charge in [-0.2, -0.15) is 0 Å². The number of non-ortho nitro benzene ring substituents is 1. The third-order valence-electron chi connectivity index (χ3n) is 5.68. The van der Waals surface area contributed by atoms with Gasteiger partial charge in [-0.05, 0) is 42.0 Å². The van der Waals surface area contributed by atoms with Crippen molar-refractivity contribution in [1.82, 2.24) is 4.98 Å². The summed E-state index contributed by atoms with van der Waals surface area (Å²) in [6.45, 7) is 0. The summed E-state index contributed by atoms with van der Waals surface area (Å²) in [5, 5.41) is 22.0. The third kappa shape index (κ3) is 4.26. The van der Waals surface area contributed by atoms with E-state index in [4.69, 9.17) is 16.0 Å². The van der Waals surface area contributed by atoms with E-state index < -0.39 is 38.3 Å². The van der Waals surface area contributed by atoms with Gasteiger partial charge in [0.2, 0.25) is 15.6 Å². The standard InChI is InChI=1S/C24H14ClN3O8S2/c25-14-5-3-13(4-6-14)20-19(21(29)17-2-1-11-36-17)22(30)23(31)27(20)24-26-12-18(37-24)38(34,35)16-9-7-15(8-10-16)28(32)33/h1-12,20,30H/t20-/m0/s1. The van der Waals surface area contributed by atoms with Gasteiger partial charge in [0.1, 0.15) is 4.21 Å². The fourth-order valence-corrected chi connectivity index (χ4v) is 6.56. The number of nitrogens with zero attached hydrogens (tertiary/aromatic N) is 3. The predicted molar refractivity (Wildman–Crippen MR) is 135 cm³/mol. The van der Waals surface area contributed by atoms with Crippen LogP contribution >= 0.6 is 22.9 Å². The largest absolute Gasteiger partial charge is 0.503 e. The zero-order valence-corrected chi connectivity index (χ0v) is 21.2. The molecule has 5 rings (SSSR count). The Kier molecular flexibility index (Phi) is 6.34. The lowest BCUT2D eigenvalue weighted by Crippen LogP contribution is -2.30. The van der Waals surface area contributed by atoms with E-state index >= 15 is 0 Å². The molecule has 14 heteroatoms. The van der Waals surface area contributed by atoms with Gasteiger partial charge in [0.25, 0.3) is 11.6 Å². The number of Topliss-reactive ketones (excluding diaryl/α,β-unsaturated/α-hetero) is 1. The summed E-state index contributed by atoms with van der Waals surface area (Å²) in [5.41, 5.74) is -0.156. The van der Waals surface area contributed by atoms with Gasteiger partial charge in [0.15, 0.2) is 16.7 Å². The maximum absolute atomic E-state index is 13.2. The molecular formula is C24H14ClN3O8S2. The van der Waals surface area contributed by atoms with Crippen LogP contribution in [0.3, 0.4) is 0 Å². The summed E-state index contributed by atoms with van der Waals surface area (Å²) in [6.07, 6.45) is 2.30. The Morgan fingerprint density at radius 1 is 1.13 bits per heavy atom. The van der Waals surface area contributed by atoms with Crippen LogP contribution in [0.15, 0.2) is 98.0 Å². The van der Waals surface area contributed by atoms with E-state index in [0.29, 0.717) is 21.9 Å². The van der Waals surface area contributed by atoms with Gasteiger partial charge in [-0.15, -0.1) is 0 Å². The lowest BCUT2D eigenvalue weighted by molar-refractivity contribution is -0.384. The summed E-state index contributed by atoms with van der Waals surface area (Å²) < 4.78 is 31.2. The van der Waals surface area contributed by atoms with Crippen LogP contribution in [-0.2, 0) is 14.6 Å². The number of anilines is 1. The number of nitro groups is 1. The number of rotatable bonds is 7. The predicted octanol–water partition coefficient (Wildman–Crippen LogP) is 4.91. The fourth-order valence-electron chi connectivity index (χ4n) is 3.88. The second kappa shape index (κ2) is 9.52. The lowest BCUT2D eigenvalue weighted by atomic mass is 9.95. The Balaban J connectivity index is 1.57. The minimum Gasteiger partial charge on any atom is -0.503 e. The number of aliphatic hydroxyl groups excluding tert-OH is 1. The molecule has 0 radical (unpaired) electrons. The van der Waals surface area contributed by atoms with E-state index in [-0.39, 0.29) is 31.3 Å². The number of ketones is 1. The van der Waals surface area contributed by atoms with E-state index in [1.807, 2.05) is 0 Å². The van der Waals surface area contributed by atoms with Crippen molar-refractivity contribution in [2.75, 3.05) is 4.90 Å². The minimum absolute atomic E-state index is 0.107. The number of thiazole rings is 1. The van der Waals surface area contributed by atoms with Crippen molar-refractivity contribution in [1.29, 1.82) is 0 Å². The van der Waals surface area contributed by atoms with Gasteiger partial charge in [-0.1, -0.05) is 35.1 Å². The highest BCUT2D eigenvalue weighted by atomic mass is 35.5. The first-order valence-electron chi connectivity index (χ1n) is 10.7. The number of carbonyl (C=O) groups excluding carboxylic acids is 2. The summed E-state index contributed by atoms with van der Waals surface area (Å²) in [5.74, 6) is -2.64. The van der Waals surface area contributed by atoms with Crippen LogP contribution in [0.1, 0.15) is 22.2 Å². The molecule has 0 aliphatic carbocycles. The highest BCUT2D eigenvalue weighted by molar-refractivity contribution is 7.93. The van der Waals surface area contributed by atoms with Crippen LogP contribution in [-0.4, -0.2) is 35.1 Å². The normalized spacial score (nSPS) is 15.8. The van der Waals surface area contributed by atoms with Crippen molar-refractivity contribution in [2.24, 2.45) is 0 Å². The number of benzene rings is 2. The quantitative estimate of drug-likeness (QED) is 0.184. The Hall–Kier alpha value is -4.33. The molecule has 0 bridgehead atoms. The molecule has 38 heavy (non-hydrogen) atoms. The van der Waals surface area contributed by atoms with Crippen LogP contribution in [0.2, 0.25) is 5.02 Å². The number of aromatic nitrogens is 1. The molecule has 0 fully saturated rings. The number of furan rings is 1. The Morgan fingerprint density at radius 2 is 1.82 bits per heavy atom. The lowest BCUT2D eigenvalue weighted by Gasteiger charge is -2.24. The second-order valence-electron chi connectivity index (χ2n) is 7.91. The average molecular weight is 572 g/mol. The van der Waals surface area contributed by atoms with Gasteiger partial charge in [0, 0.05) is 17.2 Å². The summed E-state index contributed by atoms with van der Waals surface area (Å²) in [7, 11) is -4.15. The molecular weight excluding hydrogens is 558 g/mol. The van der Waals surface area contributed by atoms with E-state index in [1.54, 1.807) is 12.1 Å². The molecule has 0 saturated carbocycles. The van der Waals surface area contributed by atoms with Gasteiger partial charge < -0.3 is 9.52 Å². The molecule has 4 aromatic rings. The fraction of sp³-hybridized carbons (Fsp3) is 0.0417. The van der Waals surface area contributed by atoms with Gasteiger partial charge in [-0.25, -0.2) is 13.4 Å². The van der Waals surface area contributed by atoms with Crippen molar-refractivity contribution in [2.45, 2.75) is 15.1 Å². The molecule has 0 spiro atoms. The number of carbonyl (C=O) groups is 2. The van der Waals surface area contributed by atoms with Crippen LogP contribution in [0, 0.1) is 10.1 Å². The SMILES string of the molecule is O=C(C1=C(O)C(=O)N(c2ncc(S(=O)(=O)c3ccc([N+](=O)[O-])cc3)s2)[C@H]1c1ccc(Cl)cc1)c1ccco1. The number of halogens is 1. The van der Waals surface area contributed by atoms with E-state index in [2.05, 4.69) is 4.98 Å². The highest BCUT2D eigenvalue weighted by Gasteiger charge is 2.46. The van der Waals surface area contributed by atoms with Gasteiger partial charge in [-0.3, -0.25) is 24.6 Å². The van der Waals surface area contributed by atoms with Crippen LogP contribution in [0.25, 0.3) is 0 Å². The Labute approximate surface area is 223 Å². The molecule has 2 aromatic heterocycles. The number of aliphatic hydroxyl groups is 1. The van der Waals surface area contributed by atoms with Gasteiger partial charge in [0.05, 0.1) is 33.9 Å². The van der Waals surface area contributed by atoms with Crippen LogP contribution < -0.4 is 4.90 Å². The Morgan fingerprint density at radius 3 is 2.42 bits per heavy atom. The monoisotopic (exact) mass is 571 g/mol. The average Bonchev–Trinajstić information content (AvgIpc) is 3.65. The van der Waals surface area contributed by atoms with Crippen molar-refractivity contribution < 1.29 is 32.5 Å². The van der Waals surface area contributed by atoms with Crippen molar-refractivity contribution in [3.63, 3.8) is 0 Å². The summed E-state index contributed by atoms with van der Waals surface area (Å²) in [6, 6.07) is 12.2. The molecule has 2 aromatic carbocycles. The first-order chi connectivity index (χ1) is 18.1. The number of amides is 1. The minimum atomic E-state index is -4.15. The molecule has 1 aliphatic rings. The molecule has 1 amide bonds. The topological polar surface area (TPSA) is 161 Å². The maximum Gasteiger partial charge on any atom is 0.296 e. The number of nitro benzene ring substituents is 1. The molecule has 0 saturated heterocycles.